The Morgan fingerprint density at radius 1 is 1.04 bits per heavy atom. The van der Waals surface area contributed by atoms with Gasteiger partial charge in [-0.25, -0.2) is 8.42 Å². The number of hydrogen-bond donors (Lipinski definition) is 3. The standard InChI is InChI=1S/C17H15F3N2O5S/c18-17(19,20)12-2-1-3-13(10-12)22-28(26,27)14-6-4-11(5-7-14)16(25)21-9-8-15(23)24/h1-7,10,22H,8-9H2,(H,21,25)(H,23,24). The van der Waals surface area contributed by atoms with Gasteiger partial charge < -0.3 is 10.4 Å². The van der Waals surface area contributed by atoms with Gasteiger partial charge in [-0.15, -0.1) is 0 Å². The van der Waals surface area contributed by atoms with Crippen molar-refractivity contribution in [2.75, 3.05) is 11.3 Å². The average molecular weight is 416 g/mol. The zero-order valence-corrected chi connectivity index (χ0v) is 15.0. The number of nitrogens with one attached hydrogen (secondary N) is 2. The van der Waals surface area contributed by atoms with Crippen molar-refractivity contribution in [3.05, 3.63) is 59.7 Å². The van der Waals surface area contributed by atoms with Gasteiger partial charge in [-0.2, -0.15) is 13.2 Å². The molecule has 0 saturated heterocycles. The van der Waals surface area contributed by atoms with Gasteiger partial charge >= 0.3 is 12.1 Å². The van der Waals surface area contributed by atoms with Gasteiger partial charge in [0.1, 0.15) is 0 Å². The van der Waals surface area contributed by atoms with Gasteiger partial charge in [0.2, 0.25) is 0 Å². The molecular formula is C17H15F3N2O5S. The monoisotopic (exact) mass is 416 g/mol. The summed E-state index contributed by atoms with van der Waals surface area (Å²) in [4.78, 5) is 22.0. The Morgan fingerprint density at radius 3 is 2.25 bits per heavy atom. The number of carboxylic acid groups (broad SMARTS) is 1. The number of carbonyl (C=O) groups excluding carboxylic acids is 1. The van der Waals surface area contributed by atoms with E-state index in [1.807, 2.05) is 4.72 Å². The summed E-state index contributed by atoms with van der Waals surface area (Å²) in [6.07, 6.45) is -4.88. The molecule has 0 spiro atoms. The predicted molar refractivity (Wildman–Crippen MR) is 93.3 cm³/mol. The fraction of sp³-hybridized carbons (Fsp3) is 0.176. The number of halogens is 3. The van der Waals surface area contributed by atoms with Gasteiger partial charge in [-0.3, -0.25) is 14.3 Å². The second-order valence-corrected chi connectivity index (χ2v) is 7.29. The maximum atomic E-state index is 12.7. The van der Waals surface area contributed by atoms with Crippen LogP contribution in [0.25, 0.3) is 0 Å². The van der Waals surface area contributed by atoms with E-state index in [9.17, 15) is 31.2 Å². The fourth-order valence-electron chi connectivity index (χ4n) is 2.14. The maximum absolute atomic E-state index is 12.7. The van der Waals surface area contributed by atoms with E-state index in [1.54, 1.807) is 0 Å². The predicted octanol–water partition coefficient (Wildman–Crippen LogP) is 2.71. The molecule has 0 aliphatic carbocycles. The van der Waals surface area contributed by atoms with Gasteiger partial charge in [0.15, 0.2) is 0 Å². The minimum absolute atomic E-state index is 0.0919. The Morgan fingerprint density at radius 2 is 1.68 bits per heavy atom. The van der Waals surface area contributed by atoms with Crippen LogP contribution in [-0.4, -0.2) is 31.9 Å². The SMILES string of the molecule is O=C(O)CCNC(=O)c1ccc(S(=O)(=O)Nc2cccc(C(F)(F)F)c2)cc1. The van der Waals surface area contributed by atoms with Gasteiger partial charge in [-0.05, 0) is 42.5 Å². The molecule has 7 nitrogen and oxygen atoms in total. The van der Waals surface area contributed by atoms with Crippen LogP contribution in [0.3, 0.4) is 0 Å². The first-order valence-corrected chi connectivity index (χ1v) is 9.27. The molecule has 0 heterocycles. The lowest BCUT2D eigenvalue weighted by Crippen LogP contribution is -2.26. The zero-order chi connectivity index (χ0) is 20.9. The zero-order valence-electron chi connectivity index (χ0n) is 14.2. The van der Waals surface area contributed by atoms with E-state index in [0.717, 1.165) is 24.3 Å². The third-order valence-electron chi connectivity index (χ3n) is 3.49. The van der Waals surface area contributed by atoms with Crippen LogP contribution in [0.5, 0.6) is 0 Å². The summed E-state index contributed by atoms with van der Waals surface area (Å²) in [7, 11) is -4.17. The molecule has 0 unspecified atom stereocenters. The minimum Gasteiger partial charge on any atom is -0.481 e. The number of amides is 1. The first-order valence-electron chi connectivity index (χ1n) is 7.79. The molecule has 150 valence electrons. The van der Waals surface area contributed by atoms with E-state index in [0.29, 0.717) is 6.07 Å². The summed E-state index contributed by atoms with van der Waals surface area (Å²) in [6.45, 7) is -0.0919. The highest BCUT2D eigenvalue weighted by Crippen LogP contribution is 2.31. The van der Waals surface area contributed by atoms with Crippen molar-refractivity contribution in [2.24, 2.45) is 0 Å². The van der Waals surface area contributed by atoms with E-state index >= 15 is 0 Å². The van der Waals surface area contributed by atoms with Gasteiger partial charge in [0.25, 0.3) is 15.9 Å². The number of alkyl halides is 3. The number of sulfonamides is 1. The Hall–Kier alpha value is -3.08. The maximum Gasteiger partial charge on any atom is 0.416 e. The Kier molecular flexibility index (Phi) is 6.29. The fourth-order valence-corrected chi connectivity index (χ4v) is 3.19. The number of rotatable bonds is 7. The second kappa shape index (κ2) is 8.30. The first-order chi connectivity index (χ1) is 13.0. The lowest BCUT2D eigenvalue weighted by molar-refractivity contribution is -0.138. The number of carbonyl (C=O) groups is 2. The minimum atomic E-state index is -4.61. The van der Waals surface area contributed by atoms with Gasteiger partial charge in [0.05, 0.1) is 16.9 Å². The summed E-state index contributed by atoms with van der Waals surface area (Å²) in [6, 6.07) is 8.37. The third kappa shape index (κ3) is 5.71. The van der Waals surface area contributed by atoms with Crippen molar-refractivity contribution in [2.45, 2.75) is 17.5 Å². The summed E-state index contributed by atoms with van der Waals surface area (Å²) < 4.78 is 64.9. The molecule has 0 saturated carbocycles. The molecule has 2 rings (SSSR count). The van der Waals surface area contributed by atoms with Crippen LogP contribution < -0.4 is 10.0 Å². The molecule has 0 radical (unpaired) electrons. The van der Waals surface area contributed by atoms with Gasteiger partial charge in [0, 0.05) is 17.8 Å². The number of carboxylic acids is 1. The molecule has 0 aromatic heterocycles. The molecule has 1 amide bonds. The van der Waals surface area contributed by atoms with Crippen LogP contribution in [0.15, 0.2) is 53.4 Å². The molecule has 2 aromatic rings. The van der Waals surface area contributed by atoms with Gasteiger partial charge in [-0.1, -0.05) is 6.07 Å². The smallest absolute Gasteiger partial charge is 0.416 e. The van der Waals surface area contributed by atoms with Crippen molar-refractivity contribution >= 4 is 27.6 Å². The highest BCUT2D eigenvalue weighted by Gasteiger charge is 2.30. The second-order valence-electron chi connectivity index (χ2n) is 5.61. The Bertz CT molecular complexity index is 973. The van der Waals surface area contributed by atoms with E-state index < -0.39 is 33.6 Å². The molecule has 0 fully saturated rings. The van der Waals surface area contributed by atoms with Crippen LogP contribution in [0, 0.1) is 0 Å². The molecule has 28 heavy (non-hydrogen) atoms. The molecule has 0 bridgehead atoms. The molecule has 11 heteroatoms. The molecule has 0 aliphatic rings. The topological polar surface area (TPSA) is 113 Å². The van der Waals surface area contributed by atoms with Crippen LogP contribution in [0.2, 0.25) is 0 Å². The third-order valence-corrected chi connectivity index (χ3v) is 4.89. The quantitative estimate of drug-likeness (QED) is 0.643. The number of hydrogen-bond acceptors (Lipinski definition) is 4. The van der Waals surface area contributed by atoms with Crippen molar-refractivity contribution in [1.82, 2.24) is 5.32 Å². The highest BCUT2D eigenvalue weighted by molar-refractivity contribution is 7.92. The van der Waals surface area contributed by atoms with Crippen LogP contribution in [0.4, 0.5) is 18.9 Å². The highest BCUT2D eigenvalue weighted by atomic mass is 32.2. The van der Waals surface area contributed by atoms with Crippen LogP contribution in [0.1, 0.15) is 22.3 Å². The summed E-state index contributed by atoms with van der Waals surface area (Å²) >= 11 is 0. The van der Waals surface area contributed by atoms with Crippen molar-refractivity contribution < 1.29 is 36.3 Å². The van der Waals surface area contributed by atoms with Crippen LogP contribution >= 0.6 is 0 Å². The number of benzene rings is 2. The summed E-state index contributed by atoms with van der Waals surface area (Å²) in [5.74, 6) is -1.67. The number of aliphatic carboxylic acids is 1. The van der Waals surface area contributed by atoms with E-state index in [2.05, 4.69) is 5.32 Å². The van der Waals surface area contributed by atoms with Crippen molar-refractivity contribution in [1.29, 1.82) is 0 Å². The molecule has 0 aliphatic heterocycles. The lowest BCUT2D eigenvalue weighted by Gasteiger charge is -2.11. The molecular weight excluding hydrogens is 401 g/mol. The molecule has 3 N–H and O–H groups in total. The van der Waals surface area contributed by atoms with Crippen molar-refractivity contribution in [3.63, 3.8) is 0 Å². The molecule has 0 atom stereocenters. The van der Waals surface area contributed by atoms with Crippen molar-refractivity contribution in [3.8, 4) is 0 Å². The number of anilines is 1. The summed E-state index contributed by atoms with van der Waals surface area (Å²) in [5, 5.41) is 10.9. The van der Waals surface area contributed by atoms with Crippen LogP contribution in [-0.2, 0) is 21.0 Å². The Labute approximate surface area is 158 Å². The Balaban J connectivity index is 2.12. The first kappa shape index (κ1) is 21.2. The van der Waals surface area contributed by atoms with E-state index in [1.165, 1.54) is 18.2 Å². The van der Waals surface area contributed by atoms with E-state index in [4.69, 9.17) is 5.11 Å². The average Bonchev–Trinajstić information content (AvgIpc) is 2.60. The normalized spacial score (nSPS) is 11.7. The van der Waals surface area contributed by atoms with E-state index in [-0.39, 0.29) is 29.1 Å². The lowest BCUT2D eigenvalue weighted by atomic mass is 10.2. The summed E-state index contributed by atoms with van der Waals surface area (Å²) in [5.41, 5.74) is -1.16. The molecule has 2 aromatic carbocycles. The largest absolute Gasteiger partial charge is 0.481 e.